The van der Waals surface area contributed by atoms with Crippen LogP contribution in [0.2, 0.25) is 0 Å². The maximum absolute atomic E-state index is 13.5. The van der Waals surface area contributed by atoms with E-state index in [4.69, 9.17) is 11.1 Å². The Labute approximate surface area is 218 Å². The SMILES string of the molecule is CC(C)CC(NS(=O)(=O)c1ccccc1)C(=O)N1CCC[C@H]1C(=O)NCc1ccc(C(=N)N)cc1.Cl. The highest BCUT2D eigenvalue weighted by Gasteiger charge is 2.38. The topological polar surface area (TPSA) is 145 Å². The van der Waals surface area contributed by atoms with E-state index in [1.54, 1.807) is 42.5 Å². The summed E-state index contributed by atoms with van der Waals surface area (Å²) < 4.78 is 28.4. The molecule has 1 saturated heterocycles. The van der Waals surface area contributed by atoms with Gasteiger partial charge in [-0.1, -0.05) is 56.3 Å². The number of sulfonamides is 1. The first-order valence-electron chi connectivity index (χ1n) is 11.7. The number of benzene rings is 2. The number of amidine groups is 1. The number of halogens is 1. The number of nitrogens with one attached hydrogen (secondary N) is 3. The van der Waals surface area contributed by atoms with Gasteiger partial charge in [0.2, 0.25) is 21.8 Å². The van der Waals surface area contributed by atoms with Crippen LogP contribution in [0.1, 0.15) is 44.2 Å². The molecule has 11 heteroatoms. The summed E-state index contributed by atoms with van der Waals surface area (Å²) in [6.45, 7) is 4.50. The molecule has 1 heterocycles. The second-order valence-electron chi connectivity index (χ2n) is 9.13. The van der Waals surface area contributed by atoms with E-state index < -0.39 is 22.1 Å². The van der Waals surface area contributed by atoms with Gasteiger partial charge in [0.1, 0.15) is 17.9 Å². The molecule has 1 aliphatic heterocycles. The molecule has 1 fully saturated rings. The number of nitrogen functional groups attached to an aromatic ring is 1. The zero-order chi connectivity index (χ0) is 25.6. The molecule has 0 aliphatic carbocycles. The van der Waals surface area contributed by atoms with Gasteiger partial charge in [-0.15, -0.1) is 12.4 Å². The first kappa shape index (κ1) is 29.3. The van der Waals surface area contributed by atoms with Gasteiger partial charge in [-0.3, -0.25) is 15.0 Å². The summed E-state index contributed by atoms with van der Waals surface area (Å²) in [5.41, 5.74) is 6.91. The van der Waals surface area contributed by atoms with Crippen molar-refractivity contribution in [3.8, 4) is 0 Å². The van der Waals surface area contributed by atoms with Crippen molar-refractivity contribution in [3.63, 3.8) is 0 Å². The molecule has 0 bridgehead atoms. The van der Waals surface area contributed by atoms with Crippen LogP contribution in [0, 0.1) is 11.3 Å². The van der Waals surface area contributed by atoms with E-state index in [1.807, 2.05) is 13.8 Å². The quantitative estimate of drug-likeness (QED) is 0.272. The summed E-state index contributed by atoms with van der Waals surface area (Å²) in [5.74, 6) is -0.628. The molecule has 2 amide bonds. The fourth-order valence-electron chi connectivity index (χ4n) is 4.14. The van der Waals surface area contributed by atoms with Crippen molar-refractivity contribution in [2.75, 3.05) is 6.54 Å². The number of hydrogen-bond donors (Lipinski definition) is 4. The molecule has 5 N–H and O–H groups in total. The van der Waals surface area contributed by atoms with E-state index in [9.17, 15) is 18.0 Å². The number of likely N-dealkylation sites (tertiary alicyclic amines) is 1. The van der Waals surface area contributed by atoms with Crippen molar-refractivity contribution in [2.24, 2.45) is 11.7 Å². The highest BCUT2D eigenvalue weighted by atomic mass is 35.5. The van der Waals surface area contributed by atoms with Crippen LogP contribution in [0.3, 0.4) is 0 Å². The van der Waals surface area contributed by atoms with E-state index >= 15 is 0 Å². The number of hydrogen-bond acceptors (Lipinski definition) is 5. The molecule has 0 spiro atoms. The zero-order valence-electron chi connectivity index (χ0n) is 20.4. The minimum atomic E-state index is -3.90. The number of nitrogens with two attached hydrogens (primary N) is 1. The van der Waals surface area contributed by atoms with Crippen LogP contribution < -0.4 is 15.8 Å². The van der Waals surface area contributed by atoms with E-state index in [-0.39, 0.29) is 47.4 Å². The third-order valence-electron chi connectivity index (χ3n) is 5.93. The molecule has 0 aromatic heterocycles. The van der Waals surface area contributed by atoms with Crippen LogP contribution >= 0.6 is 12.4 Å². The van der Waals surface area contributed by atoms with Crippen LogP contribution in [0.25, 0.3) is 0 Å². The number of carbonyl (C=O) groups excluding carboxylic acids is 2. The maximum atomic E-state index is 13.5. The summed E-state index contributed by atoms with van der Waals surface area (Å²) in [5, 5.41) is 10.3. The lowest BCUT2D eigenvalue weighted by Gasteiger charge is -2.29. The molecule has 1 aliphatic rings. The summed E-state index contributed by atoms with van der Waals surface area (Å²) >= 11 is 0. The minimum absolute atomic E-state index is 0. The molecule has 2 aromatic rings. The average molecular weight is 536 g/mol. The van der Waals surface area contributed by atoms with Crippen LogP contribution in [-0.4, -0.2) is 49.6 Å². The number of amides is 2. The van der Waals surface area contributed by atoms with Crippen LogP contribution in [-0.2, 0) is 26.2 Å². The van der Waals surface area contributed by atoms with Crippen molar-refractivity contribution in [1.29, 1.82) is 5.41 Å². The van der Waals surface area contributed by atoms with Crippen molar-refractivity contribution in [2.45, 2.75) is 56.6 Å². The molecule has 0 radical (unpaired) electrons. The molecular weight excluding hydrogens is 502 g/mol. The summed E-state index contributed by atoms with van der Waals surface area (Å²) in [4.78, 5) is 28.0. The smallest absolute Gasteiger partial charge is 0.243 e. The Balaban J connectivity index is 0.00000456. The molecule has 1 unspecified atom stereocenters. The van der Waals surface area contributed by atoms with Gasteiger partial charge in [0.25, 0.3) is 0 Å². The van der Waals surface area contributed by atoms with Crippen LogP contribution in [0.5, 0.6) is 0 Å². The average Bonchev–Trinajstić information content (AvgIpc) is 3.32. The standard InChI is InChI=1S/C25H33N5O4S.ClH/c1-17(2)15-21(29-35(33,34)20-7-4-3-5-8-20)25(32)30-14-6-9-22(30)24(31)28-16-18-10-12-19(13-11-18)23(26)27;/h3-5,7-8,10-13,17,21-22,29H,6,9,14-16H2,1-2H3,(H3,26,27)(H,28,31);1H/t21?,22-;/m0./s1. The van der Waals surface area contributed by atoms with Crippen molar-refractivity contribution in [3.05, 3.63) is 65.7 Å². The molecular formula is C25H34ClN5O4S. The monoisotopic (exact) mass is 535 g/mol. The van der Waals surface area contributed by atoms with E-state index in [2.05, 4.69) is 10.0 Å². The second kappa shape index (κ2) is 12.8. The fourth-order valence-corrected chi connectivity index (χ4v) is 5.36. The largest absolute Gasteiger partial charge is 0.384 e. The third kappa shape index (κ3) is 7.52. The minimum Gasteiger partial charge on any atom is -0.384 e. The first-order chi connectivity index (χ1) is 16.6. The summed E-state index contributed by atoms with van der Waals surface area (Å²) in [6.07, 6.45) is 1.50. The molecule has 9 nitrogen and oxygen atoms in total. The Morgan fingerprint density at radius 1 is 1.11 bits per heavy atom. The van der Waals surface area contributed by atoms with Crippen molar-refractivity contribution < 1.29 is 18.0 Å². The lowest BCUT2D eigenvalue weighted by atomic mass is 10.0. The predicted molar refractivity (Wildman–Crippen MR) is 141 cm³/mol. The number of carbonyl (C=O) groups is 2. The van der Waals surface area contributed by atoms with Gasteiger partial charge in [0.05, 0.1) is 4.90 Å². The zero-order valence-corrected chi connectivity index (χ0v) is 22.1. The molecule has 0 saturated carbocycles. The first-order valence-corrected chi connectivity index (χ1v) is 13.2. The van der Waals surface area contributed by atoms with Gasteiger partial charge in [-0.2, -0.15) is 4.72 Å². The van der Waals surface area contributed by atoms with Gasteiger partial charge in [-0.25, -0.2) is 8.42 Å². The Bertz CT molecular complexity index is 1160. The van der Waals surface area contributed by atoms with E-state index in [0.717, 1.165) is 5.56 Å². The summed E-state index contributed by atoms with van der Waals surface area (Å²) in [6, 6.07) is 13.3. The van der Waals surface area contributed by atoms with Crippen molar-refractivity contribution >= 4 is 40.1 Å². The van der Waals surface area contributed by atoms with Gasteiger partial charge >= 0.3 is 0 Å². The number of nitrogens with zero attached hydrogens (tertiary/aromatic N) is 1. The summed E-state index contributed by atoms with van der Waals surface area (Å²) in [7, 11) is -3.90. The predicted octanol–water partition coefficient (Wildman–Crippen LogP) is 2.39. The van der Waals surface area contributed by atoms with E-state index in [1.165, 1.54) is 17.0 Å². The molecule has 36 heavy (non-hydrogen) atoms. The highest BCUT2D eigenvalue weighted by Crippen LogP contribution is 2.22. The Morgan fingerprint density at radius 3 is 2.33 bits per heavy atom. The van der Waals surface area contributed by atoms with Crippen LogP contribution in [0.4, 0.5) is 0 Å². The maximum Gasteiger partial charge on any atom is 0.243 e. The normalized spacial score (nSPS) is 16.3. The van der Waals surface area contributed by atoms with Gasteiger partial charge in [0, 0.05) is 18.7 Å². The molecule has 2 aromatic carbocycles. The Hall–Kier alpha value is -2.95. The Morgan fingerprint density at radius 2 is 1.75 bits per heavy atom. The van der Waals surface area contributed by atoms with E-state index in [0.29, 0.717) is 31.4 Å². The molecule has 3 rings (SSSR count). The van der Waals surface area contributed by atoms with Gasteiger partial charge < -0.3 is 16.0 Å². The fraction of sp³-hybridized carbons (Fsp3) is 0.400. The Kier molecular flexibility index (Phi) is 10.4. The van der Waals surface area contributed by atoms with Crippen LogP contribution in [0.15, 0.2) is 59.5 Å². The lowest BCUT2D eigenvalue weighted by molar-refractivity contribution is -0.140. The highest BCUT2D eigenvalue weighted by molar-refractivity contribution is 7.89. The van der Waals surface area contributed by atoms with Crippen molar-refractivity contribution in [1.82, 2.24) is 14.9 Å². The lowest BCUT2D eigenvalue weighted by Crippen LogP contribution is -2.53. The molecule has 196 valence electrons. The third-order valence-corrected chi connectivity index (χ3v) is 7.41. The molecule has 2 atom stereocenters. The second-order valence-corrected chi connectivity index (χ2v) is 10.8. The van der Waals surface area contributed by atoms with Gasteiger partial charge in [-0.05, 0) is 42.9 Å². The number of rotatable bonds is 10. The van der Waals surface area contributed by atoms with Gasteiger partial charge in [0.15, 0.2) is 0 Å².